The third-order valence-corrected chi connectivity index (χ3v) is 6.80. The van der Waals surface area contributed by atoms with E-state index in [4.69, 9.17) is 4.52 Å². The van der Waals surface area contributed by atoms with Crippen LogP contribution in [0.3, 0.4) is 0 Å². The highest BCUT2D eigenvalue weighted by Gasteiger charge is 2.26. The predicted octanol–water partition coefficient (Wildman–Crippen LogP) is 4.53. The smallest absolute Gasteiger partial charge is 0.241 e. The molecular weight excluding hydrogens is 439 g/mol. The SMILES string of the molecule is O=C(NCCCSCc1ccc(F)cc1)C1CCCN(Cc2nc(-c3ccccc3)no2)C1. The zero-order valence-corrected chi connectivity index (χ0v) is 19.4. The quantitative estimate of drug-likeness (QED) is 0.441. The van der Waals surface area contributed by atoms with E-state index in [1.807, 2.05) is 42.5 Å². The van der Waals surface area contributed by atoms with Crippen molar-refractivity contribution in [1.29, 1.82) is 0 Å². The van der Waals surface area contributed by atoms with E-state index in [2.05, 4.69) is 20.4 Å². The predicted molar refractivity (Wildman–Crippen MR) is 128 cm³/mol. The molecule has 0 bridgehead atoms. The largest absolute Gasteiger partial charge is 0.356 e. The van der Waals surface area contributed by atoms with Crippen LogP contribution in [0.15, 0.2) is 59.1 Å². The van der Waals surface area contributed by atoms with Crippen LogP contribution in [0.5, 0.6) is 0 Å². The Morgan fingerprint density at radius 3 is 2.82 bits per heavy atom. The van der Waals surface area contributed by atoms with Crippen LogP contribution in [0.2, 0.25) is 0 Å². The minimum absolute atomic E-state index is 0.0119. The topological polar surface area (TPSA) is 71.3 Å². The van der Waals surface area contributed by atoms with Crippen molar-refractivity contribution in [3.8, 4) is 11.4 Å². The Hall–Kier alpha value is -2.71. The Labute approximate surface area is 197 Å². The van der Waals surface area contributed by atoms with E-state index in [1.54, 1.807) is 11.8 Å². The van der Waals surface area contributed by atoms with Gasteiger partial charge in [0.15, 0.2) is 0 Å². The summed E-state index contributed by atoms with van der Waals surface area (Å²) < 4.78 is 18.4. The monoisotopic (exact) mass is 468 g/mol. The number of halogens is 1. The summed E-state index contributed by atoms with van der Waals surface area (Å²) in [5.41, 5.74) is 2.05. The van der Waals surface area contributed by atoms with Crippen molar-refractivity contribution >= 4 is 17.7 Å². The van der Waals surface area contributed by atoms with Crippen molar-refractivity contribution in [2.75, 3.05) is 25.4 Å². The summed E-state index contributed by atoms with van der Waals surface area (Å²) >= 11 is 1.80. The fraction of sp³-hybridized carbons (Fsp3) is 0.400. The summed E-state index contributed by atoms with van der Waals surface area (Å²) in [6, 6.07) is 16.4. The lowest BCUT2D eigenvalue weighted by Crippen LogP contribution is -2.43. The molecule has 0 aliphatic carbocycles. The minimum Gasteiger partial charge on any atom is -0.356 e. The maximum atomic E-state index is 12.9. The van der Waals surface area contributed by atoms with Crippen LogP contribution in [0, 0.1) is 11.7 Å². The van der Waals surface area contributed by atoms with E-state index in [0.717, 1.165) is 48.4 Å². The summed E-state index contributed by atoms with van der Waals surface area (Å²) in [5, 5.41) is 7.17. The standard InChI is InChI=1S/C25H29FN4O2S/c26-22-11-9-19(10-12-22)18-33-15-5-13-27-25(31)21-8-4-14-30(16-21)17-23-28-24(29-32-23)20-6-2-1-3-7-20/h1-3,6-7,9-12,21H,4-5,8,13-18H2,(H,27,31). The molecule has 1 aliphatic rings. The van der Waals surface area contributed by atoms with Crippen molar-refractivity contribution in [3.05, 3.63) is 71.9 Å². The van der Waals surface area contributed by atoms with Gasteiger partial charge in [-0.25, -0.2) is 4.39 Å². The molecule has 0 radical (unpaired) electrons. The molecule has 1 unspecified atom stereocenters. The zero-order valence-electron chi connectivity index (χ0n) is 18.6. The van der Waals surface area contributed by atoms with E-state index >= 15 is 0 Å². The van der Waals surface area contributed by atoms with Gasteiger partial charge in [0.1, 0.15) is 5.82 Å². The molecule has 6 nitrogen and oxygen atoms in total. The molecule has 0 spiro atoms. The maximum absolute atomic E-state index is 12.9. The van der Waals surface area contributed by atoms with E-state index < -0.39 is 0 Å². The number of amides is 1. The van der Waals surface area contributed by atoms with Crippen LogP contribution in [-0.4, -0.2) is 46.3 Å². The van der Waals surface area contributed by atoms with Gasteiger partial charge >= 0.3 is 0 Å². The molecule has 0 saturated carbocycles. The Kier molecular flexibility index (Phi) is 8.49. The van der Waals surface area contributed by atoms with Gasteiger partial charge in [-0.3, -0.25) is 9.69 Å². The fourth-order valence-corrected chi connectivity index (χ4v) is 4.85. The van der Waals surface area contributed by atoms with Gasteiger partial charge in [-0.1, -0.05) is 47.6 Å². The Balaban J connectivity index is 1.15. The normalized spacial score (nSPS) is 16.6. The fourth-order valence-electron chi connectivity index (χ4n) is 3.93. The number of aromatic nitrogens is 2. The number of carbonyl (C=O) groups is 1. The van der Waals surface area contributed by atoms with Crippen molar-refractivity contribution in [2.24, 2.45) is 5.92 Å². The van der Waals surface area contributed by atoms with Gasteiger partial charge < -0.3 is 9.84 Å². The van der Waals surface area contributed by atoms with Gasteiger partial charge in [0.2, 0.25) is 17.6 Å². The molecule has 33 heavy (non-hydrogen) atoms. The van der Waals surface area contributed by atoms with Gasteiger partial charge in [0.05, 0.1) is 12.5 Å². The number of carbonyl (C=O) groups excluding carboxylic acids is 1. The van der Waals surface area contributed by atoms with E-state index in [0.29, 0.717) is 31.3 Å². The highest BCUT2D eigenvalue weighted by Crippen LogP contribution is 2.20. The van der Waals surface area contributed by atoms with Gasteiger partial charge in [0.25, 0.3) is 0 Å². The first-order chi connectivity index (χ1) is 16.2. The second kappa shape index (κ2) is 12.0. The molecule has 174 valence electrons. The van der Waals surface area contributed by atoms with E-state index in [9.17, 15) is 9.18 Å². The average molecular weight is 469 g/mol. The summed E-state index contributed by atoms with van der Waals surface area (Å²) in [6.07, 6.45) is 2.80. The number of rotatable bonds is 10. The molecule has 1 saturated heterocycles. The van der Waals surface area contributed by atoms with Crippen molar-refractivity contribution < 1.29 is 13.7 Å². The second-order valence-corrected chi connectivity index (χ2v) is 9.38. The lowest BCUT2D eigenvalue weighted by molar-refractivity contribution is -0.126. The van der Waals surface area contributed by atoms with Crippen LogP contribution < -0.4 is 5.32 Å². The number of benzene rings is 2. The maximum Gasteiger partial charge on any atom is 0.241 e. The summed E-state index contributed by atoms with van der Waals surface area (Å²) in [6.45, 7) is 2.86. The van der Waals surface area contributed by atoms with Crippen LogP contribution in [0.25, 0.3) is 11.4 Å². The van der Waals surface area contributed by atoms with Crippen LogP contribution in [-0.2, 0) is 17.1 Å². The van der Waals surface area contributed by atoms with E-state index in [-0.39, 0.29) is 17.6 Å². The molecular formula is C25H29FN4O2S. The summed E-state index contributed by atoms with van der Waals surface area (Å²) in [4.78, 5) is 19.4. The van der Waals surface area contributed by atoms with Crippen molar-refractivity contribution in [1.82, 2.24) is 20.4 Å². The number of likely N-dealkylation sites (tertiary alicyclic amines) is 1. The van der Waals surface area contributed by atoms with Crippen LogP contribution >= 0.6 is 11.8 Å². The molecule has 2 heterocycles. The Morgan fingerprint density at radius 2 is 2.00 bits per heavy atom. The highest BCUT2D eigenvalue weighted by atomic mass is 32.2. The minimum atomic E-state index is -0.207. The van der Waals surface area contributed by atoms with Gasteiger partial charge in [-0.05, 0) is 49.3 Å². The molecule has 1 N–H and O–H groups in total. The number of hydrogen-bond donors (Lipinski definition) is 1. The van der Waals surface area contributed by atoms with Crippen molar-refractivity contribution in [2.45, 2.75) is 31.6 Å². The molecule has 1 aromatic heterocycles. The molecule has 8 heteroatoms. The molecule has 1 atom stereocenters. The first-order valence-corrected chi connectivity index (χ1v) is 12.5. The van der Waals surface area contributed by atoms with E-state index in [1.165, 1.54) is 12.1 Å². The summed E-state index contributed by atoms with van der Waals surface area (Å²) in [5.74, 6) is 2.88. The number of thioether (sulfide) groups is 1. The zero-order chi connectivity index (χ0) is 22.9. The van der Waals surface area contributed by atoms with Gasteiger partial charge in [0, 0.05) is 24.4 Å². The third-order valence-electron chi connectivity index (χ3n) is 5.68. The molecule has 4 rings (SSSR count). The number of nitrogens with zero attached hydrogens (tertiary/aromatic N) is 3. The van der Waals surface area contributed by atoms with Gasteiger partial charge in [-0.15, -0.1) is 0 Å². The first kappa shape index (κ1) is 23.4. The number of nitrogens with one attached hydrogen (secondary N) is 1. The molecule has 1 aliphatic heterocycles. The Bertz CT molecular complexity index is 1010. The number of piperidine rings is 1. The first-order valence-electron chi connectivity index (χ1n) is 11.4. The third kappa shape index (κ3) is 7.14. The average Bonchev–Trinajstić information content (AvgIpc) is 3.31. The second-order valence-electron chi connectivity index (χ2n) is 8.28. The summed E-state index contributed by atoms with van der Waals surface area (Å²) in [7, 11) is 0. The molecule has 2 aromatic carbocycles. The lowest BCUT2D eigenvalue weighted by atomic mass is 9.97. The van der Waals surface area contributed by atoms with Crippen LogP contribution in [0.4, 0.5) is 4.39 Å². The number of hydrogen-bond acceptors (Lipinski definition) is 6. The molecule has 1 fully saturated rings. The molecule has 1 amide bonds. The lowest BCUT2D eigenvalue weighted by Gasteiger charge is -2.30. The molecule has 3 aromatic rings. The highest BCUT2D eigenvalue weighted by molar-refractivity contribution is 7.98. The Morgan fingerprint density at radius 1 is 1.18 bits per heavy atom. The van der Waals surface area contributed by atoms with Crippen molar-refractivity contribution in [3.63, 3.8) is 0 Å². The van der Waals surface area contributed by atoms with Crippen LogP contribution in [0.1, 0.15) is 30.7 Å². The van der Waals surface area contributed by atoms with Gasteiger partial charge in [-0.2, -0.15) is 16.7 Å².